The molecule has 1 aromatic rings. The zero-order chi connectivity index (χ0) is 28.8. The first-order valence-corrected chi connectivity index (χ1v) is 11.6. The zero-order valence-corrected chi connectivity index (χ0v) is 20.8. The summed E-state index contributed by atoms with van der Waals surface area (Å²) in [5.41, 5.74) is 17.1. The largest absolute Gasteiger partial charge is 0.481 e. The van der Waals surface area contributed by atoms with Gasteiger partial charge in [0, 0.05) is 31.3 Å². The summed E-state index contributed by atoms with van der Waals surface area (Å²) < 4.78 is 0. The van der Waals surface area contributed by atoms with Gasteiger partial charge in [0.2, 0.25) is 17.7 Å². The molecule has 1 aromatic heterocycles. The molecule has 1 rings (SSSR count). The van der Waals surface area contributed by atoms with Gasteiger partial charge in [0.1, 0.15) is 18.1 Å². The number of aliphatic carboxylic acids is 2. The van der Waals surface area contributed by atoms with Crippen molar-refractivity contribution >= 4 is 35.6 Å². The van der Waals surface area contributed by atoms with E-state index in [9.17, 15) is 34.2 Å². The van der Waals surface area contributed by atoms with Gasteiger partial charge in [0.15, 0.2) is 5.96 Å². The number of nitrogens with one attached hydrogen (secondary N) is 4. The summed E-state index contributed by atoms with van der Waals surface area (Å²) in [5.74, 6) is -5.54. The van der Waals surface area contributed by atoms with Gasteiger partial charge < -0.3 is 53.5 Å². The Morgan fingerprint density at radius 1 is 1.03 bits per heavy atom. The first-order chi connectivity index (χ1) is 17.8. The molecule has 0 aliphatic heterocycles. The van der Waals surface area contributed by atoms with Crippen LogP contribution in [0.15, 0.2) is 17.5 Å². The first kappa shape index (κ1) is 31.8. The number of aliphatic hydroxyl groups excluding tert-OH is 1. The van der Waals surface area contributed by atoms with Crippen LogP contribution in [0.5, 0.6) is 0 Å². The molecule has 0 aliphatic carbocycles. The highest BCUT2D eigenvalue weighted by Gasteiger charge is 2.32. The van der Waals surface area contributed by atoms with E-state index in [-0.39, 0.29) is 31.8 Å². The lowest BCUT2D eigenvalue weighted by Crippen LogP contribution is -2.60. The number of hydrogen-bond donors (Lipinski definition) is 10. The molecule has 38 heavy (non-hydrogen) atoms. The average Bonchev–Trinajstić information content (AvgIpc) is 3.33. The molecule has 0 aromatic carbocycles. The van der Waals surface area contributed by atoms with E-state index in [0.29, 0.717) is 5.69 Å². The van der Waals surface area contributed by atoms with Gasteiger partial charge in [-0.05, 0) is 26.2 Å². The number of guanidine groups is 1. The molecule has 212 valence electrons. The van der Waals surface area contributed by atoms with Crippen molar-refractivity contribution in [3.63, 3.8) is 0 Å². The minimum atomic E-state index is -1.62. The molecule has 5 atom stereocenters. The van der Waals surface area contributed by atoms with Crippen molar-refractivity contribution in [2.45, 2.75) is 69.3 Å². The number of nitrogens with zero attached hydrogens (tertiary/aromatic N) is 2. The highest BCUT2D eigenvalue weighted by atomic mass is 16.4. The molecule has 3 amide bonds. The SMILES string of the molecule is CC(O)C(NC(=O)C(CCCN=C(N)N)NC(=O)C(N)Cc1cnc[nH]1)C(=O)NC(CCC(=O)O)C(=O)O. The van der Waals surface area contributed by atoms with E-state index in [4.69, 9.17) is 22.3 Å². The number of amides is 3. The summed E-state index contributed by atoms with van der Waals surface area (Å²) in [5, 5.41) is 35.1. The molecule has 17 heteroatoms. The molecule has 0 fully saturated rings. The number of carbonyl (C=O) groups excluding carboxylic acids is 3. The number of carboxylic acid groups (broad SMARTS) is 2. The number of carbonyl (C=O) groups is 5. The Hall–Kier alpha value is -4.25. The van der Waals surface area contributed by atoms with Gasteiger partial charge in [0.05, 0.1) is 18.5 Å². The maximum Gasteiger partial charge on any atom is 0.326 e. The van der Waals surface area contributed by atoms with Crippen molar-refractivity contribution in [3.8, 4) is 0 Å². The van der Waals surface area contributed by atoms with Crippen molar-refractivity contribution in [3.05, 3.63) is 18.2 Å². The molecule has 17 nitrogen and oxygen atoms in total. The third kappa shape index (κ3) is 11.7. The van der Waals surface area contributed by atoms with Crippen LogP contribution in [0.3, 0.4) is 0 Å². The fraction of sp³-hybridized carbons (Fsp3) is 0.571. The second-order valence-corrected chi connectivity index (χ2v) is 8.46. The number of aromatic amines is 1. The van der Waals surface area contributed by atoms with Crippen LogP contribution in [0.1, 0.15) is 38.3 Å². The van der Waals surface area contributed by atoms with Gasteiger partial charge in [-0.25, -0.2) is 9.78 Å². The Balaban J connectivity index is 2.97. The van der Waals surface area contributed by atoms with Gasteiger partial charge in [-0.15, -0.1) is 0 Å². The summed E-state index contributed by atoms with van der Waals surface area (Å²) in [6.07, 6.45) is 0.828. The lowest BCUT2D eigenvalue weighted by Gasteiger charge is -2.26. The maximum atomic E-state index is 13.0. The van der Waals surface area contributed by atoms with E-state index < -0.39 is 72.8 Å². The van der Waals surface area contributed by atoms with Gasteiger partial charge in [-0.3, -0.25) is 24.2 Å². The summed E-state index contributed by atoms with van der Waals surface area (Å²) >= 11 is 0. The van der Waals surface area contributed by atoms with Crippen LogP contribution < -0.4 is 33.2 Å². The smallest absolute Gasteiger partial charge is 0.326 e. The maximum absolute atomic E-state index is 13.0. The minimum Gasteiger partial charge on any atom is -0.481 e. The molecule has 0 bridgehead atoms. The number of aliphatic imine (C=N–C) groups is 1. The van der Waals surface area contributed by atoms with Gasteiger partial charge in [-0.1, -0.05) is 0 Å². The third-order valence-corrected chi connectivity index (χ3v) is 5.23. The molecular formula is C21H35N9O8. The number of nitrogens with two attached hydrogens (primary N) is 3. The Bertz CT molecular complexity index is 979. The van der Waals surface area contributed by atoms with E-state index in [0.717, 1.165) is 0 Å². The van der Waals surface area contributed by atoms with Crippen molar-refractivity contribution in [2.24, 2.45) is 22.2 Å². The van der Waals surface area contributed by atoms with Crippen LogP contribution in [0.2, 0.25) is 0 Å². The first-order valence-electron chi connectivity index (χ1n) is 11.6. The van der Waals surface area contributed by atoms with Crippen LogP contribution in [0, 0.1) is 0 Å². The number of rotatable bonds is 17. The normalized spacial score (nSPS) is 14.7. The summed E-state index contributed by atoms with van der Waals surface area (Å²) in [7, 11) is 0. The zero-order valence-electron chi connectivity index (χ0n) is 20.8. The second-order valence-electron chi connectivity index (χ2n) is 8.46. The lowest BCUT2D eigenvalue weighted by molar-refractivity contribution is -0.144. The molecule has 0 saturated carbocycles. The van der Waals surface area contributed by atoms with Gasteiger partial charge >= 0.3 is 11.9 Å². The number of aliphatic hydroxyl groups is 1. The van der Waals surface area contributed by atoms with Gasteiger partial charge in [-0.2, -0.15) is 0 Å². The molecule has 13 N–H and O–H groups in total. The minimum absolute atomic E-state index is 0.0235. The Morgan fingerprint density at radius 3 is 2.21 bits per heavy atom. The molecule has 5 unspecified atom stereocenters. The van der Waals surface area contributed by atoms with E-state index in [1.165, 1.54) is 19.4 Å². The van der Waals surface area contributed by atoms with Crippen molar-refractivity contribution in [2.75, 3.05) is 6.54 Å². The van der Waals surface area contributed by atoms with E-state index >= 15 is 0 Å². The molecule has 0 spiro atoms. The summed E-state index contributed by atoms with van der Waals surface area (Å²) in [4.78, 5) is 71.0. The topological polar surface area (TPSA) is 301 Å². The van der Waals surface area contributed by atoms with Crippen molar-refractivity contribution in [1.29, 1.82) is 0 Å². The molecule has 0 saturated heterocycles. The average molecular weight is 542 g/mol. The van der Waals surface area contributed by atoms with E-state index in [2.05, 4.69) is 30.9 Å². The molecule has 0 aliphatic rings. The molecule has 1 heterocycles. The number of hydrogen-bond acceptors (Lipinski definition) is 9. The Morgan fingerprint density at radius 2 is 1.68 bits per heavy atom. The van der Waals surface area contributed by atoms with Crippen LogP contribution >= 0.6 is 0 Å². The van der Waals surface area contributed by atoms with Crippen LogP contribution in [-0.4, -0.2) is 97.7 Å². The fourth-order valence-corrected chi connectivity index (χ4v) is 3.22. The van der Waals surface area contributed by atoms with Gasteiger partial charge in [0.25, 0.3) is 0 Å². The van der Waals surface area contributed by atoms with E-state index in [1.54, 1.807) is 0 Å². The van der Waals surface area contributed by atoms with Crippen LogP contribution in [0.4, 0.5) is 0 Å². The predicted octanol–water partition coefficient (Wildman–Crippen LogP) is -3.88. The Kier molecular flexibility index (Phi) is 13.2. The summed E-state index contributed by atoms with van der Waals surface area (Å²) in [6.45, 7) is 1.32. The van der Waals surface area contributed by atoms with Crippen LogP contribution in [-0.2, 0) is 30.4 Å². The fourth-order valence-electron chi connectivity index (χ4n) is 3.22. The van der Waals surface area contributed by atoms with Crippen molar-refractivity contribution < 1.29 is 39.3 Å². The monoisotopic (exact) mass is 541 g/mol. The quantitative estimate of drug-likeness (QED) is 0.0514. The third-order valence-electron chi connectivity index (χ3n) is 5.23. The molecule has 0 radical (unpaired) electrons. The second kappa shape index (κ2) is 15.8. The summed E-state index contributed by atoms with van der Waals surface area (Å²) in [6, 6.07) is -5.47. The predicted molar refractivity (Wildman–Crippen MR) is 132 cm³/mol. The highest BCUT2D eigenvalue weighted by molar-refractivity contribution is 5.94. The highest BCUT2D eigenvalue weighted by Crippen LogP contribution is 2.05. The van der Waals surface area contributed by atoms with Crippen molar-refractivity contribution in [1.82, 2.24) is 25.9 Å². The Labute approximate surface area is 217 Å². The number of imidazole rings is 1. The standard InChI is InChI=1S/C21H35N9O8/c1-10(31)16(19(36)29-14(20(37)38)4-5-15(32)33)30-18(35)13(3-2-6-26-21(23)24)28-17(34)12(22)7-11-8-25-9-27-11/h8-10,12-14,16,31H,2-7,22H2,1H3,(H,25,27)(H,28,34)(H,29,36)(H,30,35)(H,32,33)(H,37,38)(H4,23,24,26). The van der Waals surface area contributed by atoms with Crippen LogP contribution in [0.25, 0.3) is 0 Å². The number of carboxylic acids is 2. The lowest BCUT2D eigenvalue weighted by atomic mass is 10.1. The number of H-pyrrole nitrogens is 1. The molecular weight excluding hydrogens is 506 g/mol. The van der Waals surface area contributed by atoms with E-state index in [1.807, 2.05) is 0 Å². The number of aromatic nitrogens is 2.